The monoisotopic (exact) mass is 172 g/mol. The minimum Gasteiger partial charge on any atom is -0.353 e. The highest BCUT2D eigenvalue weighted by atomic mass is 32.2. The number of carbonyl (C=O) groups excluding carboxylic acids is 1. The third-order valence-electron chi connectivity index (χ3n) is 2.24. The quantitative estimate of drug-likeness (QED) is 0.536. The number of carbonyl (C=O) groups is 1. The summed E-state index contributed by atoms with van der Waals surface area (Å²) in [6.45, 7) is 2.96. The molecule has 4 heteroatoms. The van der Waals surface area contributed by atoms with Crippen LogP contribution in [0, 0.1) is 0 Å². The zero-order valence-electron chi connectivity index (χ0n) is 6.38. The summed E-state index contributed by atoms with van der Waals surface area (Å²) in [5, 5.41) is 2.89. The molecule has 2 aliphatic heterocycles. The topological polar surface area (TPSA) is 32.3 Å². The Balaban J connectivity index is 2.05. The molecule has 1 amide bonds. The van der Waals surface area contributed by atoms with Crippen molar-refractivity contribution in [2.24, 2.45) is 0 Å². The first-order valence-corrected chi connectivity index (χ1v) is 5.13. The summed E-state index contributed by atoms with van der Waals surface area (Å²) in [6.07, 6.45) is 0. The Morgan fingerprint density at radius 2 is 2.45 bits per heavy atom. The smallest absolute Gasteiger partial charge is 0.238 e. The molecule has 1 N–H and O–H groups in total. The lowest BCUT2D eigenvalue weighted by atomic mass is 10.2. The van der Waals surface area contributed by atoms with Gasteiger partial charge in [0.2, 0.25) is 5.91 Å². The van der Waals surface area contributed by atoms with Gasteiger partial charge in [0.05, 0.1) is 6.04 Å². The third kappa shape index (κ3) is 1.37. The normalized spacial score (nSPS) is 32.7. The summed E-state index contributed by atoms with van der Waals surface area (Å²) >= 11 is 1.88. The predicted octanol–water partition coefficient (Wildman–Crippen LogP) is -0.466. The molecule has 2 heterocycles. The van der Waals surface area contributed by atoms with Crippen molar-refractivity contribution in [2.45, 2.75) is 6.04 Å². The maximum Gasteiger partial charge on any atom is 0.238 e. The van der Waals surface area contributed by atoms with E-state index in [2.05, 4.69) is 10.2 Å². The van der Waals surface area contributed by atoms with Gasteiger partial charge in [-0.05, 0) is 0 Å². The van der Waals surface area contributed by atoms with E-state index in [0.717, 1.165) is 25.4 Å². The van der Waals surface area contributed by atoms with Crippen LogP contribution in [0.2, 0.25) is 0 Å². The first kappa shape index (κ1) is 7.43. The van der Waals surface area contributed by atoms with Crippen LogP contribution in [0.3, 0.4) is 0 Å². The van der Waals surface area contributed by atoms with Crippen LogP contribution in [0.1, 0.15) is 0 Å². The van der Waals surface area contributed by atoms with Crippen molar-refractivity contribution in [1.82, 2.24) is 10.2 Å². The van der Waals surface area contributed by atoms with E-state index in [-0.39, 0.29) is 11.9 Å². The van der Waals surface area contributed by atoms with Gasteiger partial charge >= 0.3 is 0 Å². The zero-order chi connectivity index (χ0) is 7.68. The second-order valence-corrected chi connectivity index (χ2v) is 4.07. The van der Waals surface area contributed by atoms with E-state index in [1.165, 1.54) is 5.75 Å². The molecule has 2 aliphatic rings. The Kier molecular flexibility index (Phi) is 2.05. The fourth-order valence-electron chi connectivity index (χ4n) is 1.59. The number of fused-ring (bicyclic) bond motifs is 1. The Bertz CT molecular complexity index is 172. The fourth-order valence-corrected chi connectivity index (χ4v) is 2.70. The molecule has 0 saturated carbocycles. The Morgan fingerprint density at radius 3 is 3.27 bits per heavy atom. The van der Waals surface area contributed by atoms with Crippen LogP contribution in [0.25, 0.3) is 0 Å². The Labute approximate surface area is 70.5 Å². The molecular weight excluding hydrogens is 160 g/mol. The van der Waals surface area contributed by atoms with Crippen molar-refractivity contribution in [1.29, 1.82) is 0 Å². The van der Waals surface area contributed by atoms with E-state index in [1.54, 1.807) is 0 Å². The van der Waals surface area contributed by atoms with Gasteiger partial charge in [-0.25, -0.2) is 0 Å². The van der Waals surface area contributed by atoms with E-state index in [4.69, 9.17) is 0 Å². The van der Waals surface area contributed by atoms with Gasteiger partial charge in [0.1, 0.15) is 0 Å². The van der Waals surface area contributed by atoms with Gasteiger partial charge in [-0.15, -0.1) is 0 Å². The van der Waals surface area contributed by atoms with Crippen LogP contribution in [0.4, 0.5) is 0 Å². The van der Waals surface area contributed by atoms with Gasteiger partial charge in [-0.3, -0.25) is 9.69 Å². The molecule has 0 spiro atoms. The average molecular weight is 172 g/mol. The summed E-state index contributed by atoms with van der Waals surface area (Å²) in [5.41, 5.74) is 0. The number of rotatable bonds is 0. The molecule has 0 aliphatic carbocycles. The average Bonchev–Trinajstić information content (AvgIpc) is 2.06. The largest absolute Gasteiger partial charge is 0.353 e. The van der Waals surface area contributed by atoms with Gasteiger partial charge in [0.15, 0.2) is 0 Å². The molecule has 62 valence electrons. The highest BCUT2D eigenvalue weighted by Crippen LogP contribution is 2.17. The standard InChI is InChI=1S/C7H12N2OS/c10-7-6-5-11-4-3-9(6)2-1-8-7/h6H,1-5H2,(H,8,10). The van der Waals surface area contributed by atoms with Crippen LogP contribution in [-0.2, 0) is 4.79 Å². The van der Waals surface area contributed by atoms with Crippen molar-refractivity contribution in [3.05, 3.63) is 0 Å². The number of hydrogen-bond acceptors (Lipinski definition) is 3. The number of piperazine rings is 1. The van der Waals surface area contributed by atoms with Crippen molar-refractivity contribution in [3.8, 4) is 0 Å². The number of hydrogen-bond donors (Lipinski definition) is 1. The lowest BCUT2D eigenvalue weighted by Gasteiger charge is -2.37. The van der Waals surface area contributed by atoms with Crippen LogP contribution >= 0.6 is 11.8 Å². The Hall–Kier alpha value is -0.220. The third-order valence-corrected chi connectivity index (χ3v) is 3.26. The molecule has 2 saturated heterocycles. The van der Waals surface area contributed by atoms with Crippen LogP contribution in [-0.4, -0.2) is 48.0 Å². The SMILES string of the molecule is O=C1NCCN2CCSCC12. The van der Waals surface area contributed by atoms with Gasteiger partial charge in [0, 0.05) is 31.1 Å². The molecule has 0 aromatic heterocycles. The summed E-state index contributed by atoms with van der Waals surface area (Å²) in [7, 11) is 0. The van der Waals surface area contributed by atoms with Crippen LogP contribution in [0.15, 0.2) is 0 Å². The molecule has 1 unspecified atom stereocenters. The van der Waals surface area contributed by atoms with Crippen molar-refractivity contribution >= 4 is 17.7 Å². The van der Waals surface area contributed by atoms with E-state index >= 15 is 0 Å². The van der Waals surface area contributed by atoms with Gasteiger partial charge in [-0.1, -0.05) is 0 Å². The van der Waals surface area contributed by atoms with Crippen LogP contribution < -0.4 is 5.32 Å². The maximum atomic E-state index is 11.3. The first-order chi connectivity index (χ1) is 5.38. The lowest BCUT2D eigenvalue weighted by molar-refractivity contribution is -0.128. The Morgan fingerprint density at radius 1 is 1.55 bits per heavy atom. The van der Waals surface area contributed by atoms with Gasteiger partial charge < -0.3 is 5.32 Å². The molecule has 2 fully saturated rings. The molecular formula is C7H12N2OS. The number of amides is 1. The summed E-state index contributed by atoms with van der Waals surface area (Å²) in [6, 6.07) is 0.169. The lowest BCUT2D eigenvalue weighted by Crippen LogP contribution is -2.58. The van der Waals surface area contributed by atoms with Gasteiger partial charge in [0.25, 0.3) is 0 Å². The second kappa shape index (κ2) is 3.03. The van der Waals surface area contributed by atoms with Crippen molar-refractivity contribution < 1.29 is 4.79 Å². The van der Waals surface area contributed by atoms with E-state index in [9.17, 15) is 4.79 Å². The van der Waals surface area contributed by atoms with E-state index in [1.807, 2.05) is 11.8 Å². The predicted molar refractivity (Wildman–Crippen MR) is 45.7 cm³/mol. The molecule has 2 rings (SSSR count). The second-order valence-electron chi connectivity index (χ2n) is 2.92. The van der Waals surface area contributed by atoms with E-state index < -0.39 is 0 Å². The molecule has 0 aromatic carbocycles. The summed E-state index contributed by atoms with van der Waals surface area (Å²) in [4.78, 5) is 13.5. The summed E-state index contributed by atoms with van der Waals surface area (Å²) < 4.78 is 0. The number of nitrogens with one attached hydrogen (secondary N) is 1. The molecule has 11 heavy (non-hydrogen) atoms. The molecule has 3 nitrogen and oxygen atoms in total. The minimum absolute atomic E-state index is 0.169. The highest BCUT2D eigenvalue weighted by Gasteiger charge is 2.31. The summed E-state index contributed by atoms with van der Waals surface area (Å²) in [5.74, 6) is 2.39. The minimum atomic E-state index is 0.169. The molecule has 0 aromatic rings. The fraction of sp³-hybridized carbons (Fsp3) is 0.857. The molecule has 0 radical (unpaired) electrons. The van der Waals surface area contributed by atoms with Crippen molar-refractivity contribution in [3.63, 3.8) is 0 Å². The molecule has 1 atom stereocenters. The van der Waals surface area contributed by atoms with E-state index in [0.29, 0.717) is 0 Å². The zero-order valence-corrected chi connectivity index (χ0v) is 7.19. The highest BCUT2D eigenvalue weighted by molar-refractivity contribution is 7.99. The molecule has 0 bridgehead atoms. The first-order valence-electron chi connectivity index (χ1n) is 3.97. The van der Waals surface area contributed by atoms with Crippen LogP contribution in [0.5, 0.6) is 0 Å². The van der Waals surface area contributed by atoms with Crippen molar-refractivity contribution in [2.75, 3.05) is 31.1 Å². The number of thioether (sulfide) groups is 1. The maximum absolute atomic E-state index is 11.3. The number of nitrogens with zero attached hydrogens (tertiary/aromatic N) is 1. The van der Waals surface area contributed by atoms with Gasteiger partial charge in [-0.2, -0.15) is 11.8 Å².